The predicted molar refractivity (Wildman–Crippen MR) is 80.3 cm³/mol. The number of hydrogen-bond acceptors (Lipinski definition) is 6. The van der Waals surface area contributed by atoms with Crippen LogP contribution in [0.25, 0.3) is 10.9 Å². The van der Waals surface area contributed by atoms with Gasteiger partial charge in [-0.25, -0.2) is 9.97 Å². The number of anilines is 1. The van der Waals surface area contributed by atoms with Crippen molar-refractivity contribution in [3.05, 3.63) is 60.2 Å². The molecule has 0 radical (unpaired) electrons. The summed E-state index contributed by atoms with van der Waals surface area (Å²) in [5.74, 6) is -0.739. The van der Waals surface area contributed by atoms with Gasteiger partial charge in [-0.15, -0.1) is 0 Å². The van der Waals surface area contributed by atoms with Crippen molar-refractivity contribution < 1.29 is 9.90 Å². The van der Waals surface area contributed by atoms with Gasteiger partial charge in [0.25, 0.3) is 0 Å². The number of carbonyl (C=O) groups excluding carboxylic acids is 1. The monoisotopic (exact) mass is 293 g/mol. The number of nitrogens with zero attached hydrogens (tertiary/aromatic N) is 3. The first-order valence-corrected chi connectivity index (χ1v) is 6.83. The Balaban J connectivity index is 1.86. The second kappa shape index (κ2) is 6.17. The molecule has 6 nitrogen and oxygen atoms in total. The Morgan fingerprint density at radius 3 is 2.73 bits per heavy atom. The lowest BCUT2D eigenvalue weighted by Gasteiger charge is -2.12. The number of rotatable bonds is 5. The van der Waals surface area contributed by atoms with E-state index in [4.69, 9.17) is 0 Å². The largest absolute Gasteiger partial charge is 0.545 e. The minimum absolute atomic E-state index is 0.0875. The van der Waals surface area contributed by atoms with E-state index in [2.05, 4.69) is 20.3 Å². The van der Waals surface area contributed by atoms with Crippen LogP contribution in [0, 0.1) is 0 Å². The van der Waals surface area contributed by atoms with Crippen molar-refractivity contribution in [2.24, 2.45) is 0 Å². The fourth-order valence-electron chi connectivity index (χ4n) is 2.29. The van der Waals surface area contributed by atoms with Gasteiger partial charge in [-0.1, -0.05) is 12.1 Å². The third-order valence-electron chi connectivity index (χ3n) is 3.34. The minimum Gasteiger partial charge on any atom is -0.545 e. The summed E-state index contributed by atoms with van der Waals surface area (Å²) in [5, 5.41) is 14.9. The van der Waals surface area contributed by atoms with E-state index in [9.17, 15) is 9.90 Å². The second-order valence-electron chi connectivity index (χ2n) is 4.74. The molecule has 0 bridgehead atoms. The molecular formula is C16H13N4O2-. The number of aromatic nitrogens is 3. The van der Waals surface area contributed by atoms with E-state index < -0.39 is 5.97 Å². The molecule has 0 aliphatic rings. The Labute approximate surface area is 126 Å². The molecule has 0 saturated heterocycles. The Hall–Kier alpha value is -3.02. The van der Waals surface area contributed by atoms with Gasteiger partial charge >= 0.3 is 0 Å². The van der Waals surface area contributed by atoms with Crippen LogP contribution in [0.2, 0.25) is 0 Å². The molecule has 0 fully saturated rings. The maximum atomic E-state index is 11.3. The van der Waals surface area contributed by atoms with Crippen molar-refractivity contribution in [1.29, 1.82) is 0 Å². The van der Waals surface area contributed by atoms with E-state index in [0.717, 1.165) is 12.0 Å². The number of carboxylic acids is 1. The first kappa shape index (κ1) is 13.9. The zero-order chi connectivity index (χ0) is 15.4. The molecule has 0 amide bonds. The first-order valence-electron chi connectivity index (χ1n) is 6.83. The molecule has 6 heteroatoms. The molecular weight excluding hydrogens is 280 g/mol. The molecule has 0 atom stereocenters. The maximum Gasteiger partial charge on any atom is 0.137 e. The quantitative estimate of drug-likeness (QED) is 0.756. The second-order valence-corrected chi connectivity index (χ2v) is 4.74. The maximum absolute atomic E-state index is 11.3. The zero-order valence-electron chi connectivity index (χ0n) is 11.7. The average Bonchev–Trinajstić information content (AvgIpc) is 2.55. The predicted octanol–water partition coefficient (Wildman–Crippen LogP) is 1.04. The van der Waals surface area contributed by atoms with Gasteiger partial charge < -0.3 is 15.2 Å². The lowest BCUT2D eigenvalue weighted by molar-refractivity contribution is -0.254. The summed E-state index contributed by atoms with van der Waals surface area (Å²) < 4.78 is 0. The van der Waals surface area contributed by atoms with Crippen LogP contribution in [0.5, 0.6) is 0 Å². The van der Waals surface area contributed by atoms with Crippen molar-refractivity contribution in [2.45, 2.75) is 6.42 Å². The average molecular weight is 293 g/mol. The van der Waals surface area contributed by atoms with Crippen molar-refractivity contribution >= 4 is 22.7 Å². The van der Waals surface area contributed by atoms with Crippen LogP contribution in [0.4, 0.5) is 5.82 Å². The summed E-state index contributed by atoms with van der Waals surface area (Å²) in [5.41, 5.74) is 1.80. The van der Waals surface area contributed by atoms with Crippen molar-refractivity contribution in [3.63, 3.8) is 0 Å². The van der Waals surface area contributed by atoms with Gasteiger partial charge in [0.1, 0.15) is 12.1 Å². The van der Waals surface area contributed by atoms with Crippen LogP contribution in [0.1, 0.15) is 15.9 Å². The molecule has 1 aromatic carbocycles. The van der Waals surface area contributed by atoms with Crippen LogP contribution in [-0.2, 0) is 6.42 Å². The Bertz CT molecular complexity index is 800. The summed E-state index contributed by atoms with van der Waals surface area (Å²) in [7, 11) is 0. The van der Waals surface area contributed by atoms with Gasteiger partial charge in [-0.05, 0) is 30.2 Å². The third kappa shape index (κ3) is 2.85. The number of nitrogens with one attached hydrogen (secondary N) is 1. The first-order chi connectivity index (χ1) is 10.8. The van der Waals surface area contributed by atoms with Gasteiger partial charge in [0.2, 0.25) is 0 Å². The molecule has 3 aromatic rings. The molecule has 1 N–H and O–H groups in total. The number of carbonyl (C=O) groups is 1. The Morgan fingerprint density at radius 1 is 1.14 bits per heavy atom. The van der Waals surface area contributed by atoms with Crippen molar-refractivity contribution in [2.75, 3.05) is 11.9 Å². The molecule has 0 spiro atoms. The molecule has 2 aromatic heterocycles. The van der Waals surface area contributed by atoms with Crippen LogP contribution in [-0.4, -0.2) is 27.5 Å². The highest BCUT2D eigenvalue weighted by Gasteiger charge is 2.09. The molecule has 110 valence electrons. The smallest absolute Gasteiger partial charge is 0.137 e. The van der Waals surface area contributed by atoms with E-state index in [1.165, 1.54) is 12.4 Å². The van der Waals surface area contributed by atoms with E-state index >= 15 is 0 Å². The van der Waals surface area contributed by atoms with Gasteiger partial charge in [0.15, 0.2) is 0 Å². The summed E-state index contributed by atoms with van der Waals surface area (Å²) in [6, 6.07) is 8.76. The summed E-state index contributed by atoms with van der Waals surface area (Å²) in [6.45, 7) is 0.623. The highest BCUT2D eigenvalue weighted by Crippen LogP contribution is 2.23. The molecule has 0 aliphatic carbocycles. The summed E-state index contributed by atoms with van der Waals surface area (Å²) in [4.78, 5) is 23.5. The van der Waals surface area contributed by atoms with E-state index in [1.54, 1.807) is 24.5 Å². The Morgan fingerprint density at radius 2 is 1.95 bits per heavy atom. The lowest BCUT2D eigenvalue weighted by Crippen LogP contribution is -2.23. The standard InChI is InChI=1S/C16H14N4O2/c21-16(22)12-2-1-3-13-14(12)15(20-10-19-13)18-9-6-11-4-7-17-8-5-11/h1-5,7-8,10H,6,9H2,(H,21,22)(H,18,19,20)/p-1. The fraction of sp³-hybridized carbons (Fsp3) is 0.125. The summed E-state index contributed by atoms with van der Waals surface area (Å²) in [6.07, 6.45) is 5.67. The van der Waals surface area contributed by atoms with Gasteiger partial charge in [0, 0.05) is 24.5 Å². The number of carboxylic acid groups (broad SMARTS) is 1. The minimum atomic E-state index is -1.24. The van der Waals surface area contributed by atoms with Gasteiger partial charge in [0.05, 0.1) is 16.9 Å². The molecule has 0 unspecified atom stereocenters. The molecule has 2 heterocycles. The van der Waals surface area contributed by atoms with Gasteiger partial charge in [-0.3, -0.25) is 4.98 Å². The van der Waals surface area contributed by atoms with Crippen LogP contribution in [0.3, 0.4) is 0 Å². The van der Waals surface area contributed by atoms with E-state index in [1.807, 2.05) is 12.1 Å². The molecule has 3 rings (SSSR count). The SMILES string of the molecule is O=C([O-])c1cccc2ncnc(NCCc3ccncc3)c12. The third-order valence-corrected chi connectivity index (χ3v) is 3.34. The van der Waals surface area contributed by atoms with E-state index in [-0.39, 0.29) is 5.56 Å². The van der Waals surface area contributed by atoms with E-state index in [0.29, 0.717) is 23.3 Å². The molecule has 0 saturated carbocycles. The van der Waals surface area contributed by atoms with Crippen molar-refractivity contribution in [1.82, 2.24) is 15.0 Å². The number of aromatic carboxylic acids is 1. The number of benzene rings is 1. The van der Waals surface area contributed by atoms with Crippen LogP contribution in [0.15, 0.2) is 49.1 Å². The van der Waals surface area contributed by atoms with Crippen LogP contribution >= 0.6 is 0 Å². The topological polar surface area (TPSA) is 90.8 Å². The number of hydrogen-bond donors (Lipinski definition) is 1. The highest BCUT2D eigenvalue weighted by atomic mass is 16.4. The molecule has 0 aliphatic heterocycles. The van der Waals surface area contributed by atoms with Crippen molar-refractivity contribution in [3.8, 4) is 0 Å². The number of pyridine rings is 1. The van der Waals surface area contributed by atoms with Crippen LogP contribution < -0.4 is 10.4 Å². The number of fused-ring (bicyclic) bond motifs is 1. The highest BCUT2D eigenvalue weighted by molar-refractivity contribution is 6.06. The normalized spacial score (nSPS) is 10.5. The summed E-state index contributed by atoms with van der Waals surface area (Å²) >= 11 is 0. The Kier molecular flexibility index (Phi) is 3.91. The molecule has 22 heavy (non-hydrogen) atoms. The van der Waals surface area contributed by atoms with Gasteiger partial charge in [-0.2, -0.15) is 0 Å². The lowest BCUT2D eigenvalue weighted by atomic mass is 10.1. The fourth-order valence-corrected chi connectivity index (χ4v) is 2.29. The zero-order valence-corrected chi connectivity index (χ0v) is 11.7.